The third-order valence-electron chi connectivity index (χ3n) is 4.04. The van der Waals surface area contributed by atoms with Crippen molar-refractivity contribution in [3.05, 3.63) is 52.8 Å². The summed E-state index contributed by atoms with van der Waals surface area (Å²) in [4.78, 5) is 22.8. The van der Waals surface area contributed by atoms with E-state index in [9.17, 15) is 9.59 Å². The van der Waals surface area contributed by atoms with Crippen LogP contribution < -0.4 is 10.6 Å². The second-order valence-corrected chi connectivity index (χ2v) is 5.41. The van der Waals surface area contributed by atoms with Crippen LogP contribution in [-0.2, 0) is 29.1 Å². The number of fused-ring (bicyclic) bond motifs is 3. The normalized spacial score (nSPS) is 11.4. The van der Waals surface area contributed by atoms with E-state index in [0.717, 1.165) is 28.9 Å². The van der Waals surface area contributed by atoms with Gasteiger partial charge in [0.25, 0.3) is 0 Å². The maximum absolute atomic E-state index is 11.4. The van der Waals surface area contributed by atoms with Gasteiger partial charge in [-0.3, -0.25) is 0 Å². The Kier molecular flexibility index (Phi) is 4.41. The van der Waals surface area contributed by atoms with Gasteiger partial charge < -0.3 is 24.7 Å². The summed E-state index contributed by atoms with van der Waals surface area (Å²) in [7, 11) is 3.02. The molecule has 1 aromatic carbocycles. The van der Waals surface area contributed by atoms with Crippen LogP contribution in [0.2, 0.25) is 0 Å². The summed E-state index contributed by atoms with van der Waals surface area (Å²) in [5.41, 5.74) is 5.06. The predicted molar refractivity (Wildman–Crippen MR) is 87.1 cm³/mol. The van der Waals surface area contributed by atoms with Gasteiger partial charge in [-0.2, -0.15) is 0 Å². The zero-order chi connectivity index (χ0) is 17.1. The Hall–Kier alpha value is -2.96. The number of nitrogens with one attached hydrogen (secondary N) is 2. The molecule has 126 valence electrons. The molecule has 2 heterocycles. The largest absolute Gasteiger partial charge is 0.445 e. The Bertz CT molecular complexity index is 782. The highest BCUT2D eigenvalue weighted by Crippen LogP contribution is 2.33. The molecule has 1 aliphatic rings. The molecule has 0 bridgehead atoms. The molecule has 0 spiro atoms. The van der Waals surface area contributed by atoms with E-state index in [1.54, 1.807) is 0 Å². The zero-order valence-corrected chi connectivity index (χ0v) is 13.6. The van der Waals surface area contributed by atoms with Crippen LogP contribution in [0.1, 0.15) is 22.4 Å². The van der Waals surface area contributed by atoms with Crippen molar-refractivity contribution in [3.63, 3.8) is 0 Å². The van der Waals surface area contributed by atoms with E-state index in [4.69, 9.17) is 9.47 Å². The quantitative estimate of drug-likeness (QED) is 0.768. The topological polar surface area (TPSA) is 81.6 Å². The van der Waals surface area contributed by atoms with Crippen molar-refractivity contribution in [1.29, 1.82) is 0 Å². The van der Waals surface area contributed by atoms with Gasteiger partial charge in [-0.15, -0.1) is 0 Å². The number of nitrogens with zero attached hydrogens (tertiary/aromatic N) is 1. The smallest absolute Gasteiger partial charge is 0.407 e. The molecule has 2 N–H and O–H groups in total. The number of amides is 2. The zero-order valence-electron chi connectivity index (χ0n) is 13.6. The second kappa shape index (κ2) is 6.66. The lowest BCUT2D eigenvalue weighted by Crippen LogP contribution is -2.20. The summed E-state index contributed by atoms with van der Waals surface area (Å²) in [6.07, 6.45) is 1.69. The van der Waals surface area contributed by atoms with E-state index in [1.807, 2.05) is 24.4 Å². The first-order valence-electron chi connectivity index (χ1n) is 7.63. The van der Waals surface area contributed by atoms with Gasteiger partial charge in [0.05, 0.1) is 0 Å². The standard InChI is InChI=1S/C17H19N3O4/c1-18-16(21)23-9-12-8-20-14-6-4-3-5-11(14)7-15(20)13(12)10-24-17(22)19-2/h3-6,8H,7,9-10H2,1-2H3,(H,18,21)(H,19,22). The number of aromatic nitrogens is 1. The summed E-state index contributed by atoms with van der Waals surface area (Å²) in [6.45, 7) is 0.247. The Balaban J connectivity index is 1.90. The van der Waals surface area contributed by atoms with Crippen molar-refractivity contribution in [2.45, 2.75) is 19.6 Å². The molecule has 7 nitrogen and oxygen atoms in total. The molecule has 24 heavy (non-hydrogen) atoms. The van der Waals surface area contributed by atoms with E-state index in [-0.39, 0.29) is 13.2 Å². The van der Waals surface area contributed by atoms with Crippen LogP contribution in [0.3, 0.4) is 0 Å². The molecule has 0 aliphatic carbocycles. The van der Waals surface area contributed by atoms with Gasteiger partial charge in [0.2, 0.25) is 0 Å². The monoisotopic (exact) mass is 329 g/mol. The molecule has 2 aromatic rings. The van der Waals surface area contributed by atoms with Gasteiger partial charge in [0.15, 0.2) is 0 Å². The first-order valence-corrected chi connectivity index (χ1v) is 7.63. The van der Waals surface area contributed by atoms with Crippen LogP contribution >= 0.6 is 0 Å². The van der Waals surface area contributed by atoms with Gasteiger partial charge >= 0.3 is 12.2 Å². The minimum Gasteiger partial charge on any atom is -0.445 e. The van der Waals surface area contributed by atoms with Gasteiger partial charge in [0.1, 0.15) is 13.2 Å². The molecule has 7 heteroatoms. The lowest BCUT2D eigenvalue weighted by atomic mass is 10.1. The van der Waals surface area contributed by atoms with Crippen LogP contribution in [-0.4, -0.2) is 30.8 Å². The number of para-hydroxylation sites is 1. The molecule has 0 saturated heterocycles. The fourth-order valence-electron chi connectivity index (χ4n) is 2.85. The third kappa shape index (κ3) is 2.92. The van der Waals surface area contributed by atoms with Gasteiger partial charge in [-0.05, 0) is 11.6 Å². The number of ether oxygens (including phenoxy) is 2. The van der Waals surface area contributed by atoms with Crippen LogP contribution in [0.5, 0.6) is 0 Å². The minimum atomic E-state index is -0.500. The van der Waals surface area contributed by atoms with Gasteiger partial charge in [0, 0.05) is 49.2 Å². The molecule has 0 fully saturated rings. The number of carbonyl (C=O) groups excluding carboxylic acids is 2. The van der Waals surface area contributed by atoms with Crippen molar-refractivity contribution in [3.8, 4) is 5.69 Å². The molecule has 0 unspecified atom stereocenters. The van der Waals surface area contributed by atoms with Gasteiger partial charge in [-0.1, -0.05) is 18.2 Å². The highest BCUT2D eigenvalue weighted by atomic mass is 16.6. The first-order chi connectivity index (χ1) is 11.6. The van der Waals surface area contributed by atoms with Crippen molar-refractivity contribution < 1.29 is 19.1 Å². The minimum absolute atomic E-state index is 0.119. The van der Waals surface area contributed by atoms with Crippen LogP contribution in [0.25, 0.3) is 5.69 Å². The summed E-state index contributed by atoms with van der Waals surface area (Å²) in [5, 5.41) is 4.84. The third-order valence-corrected chi connectivity index (χ3v) is 4.04. The van der Waals surface area contributed by atoms with Crippen molar-refractivity contribution in [2.24, 2.45) is 0 Å². The van der Waals surface area contributed by atoms with Crippen molar-refractivity contribution in [1.82, 2.24) is 15.2 Å². The first kappa shape index (κ1) is 15.9. The van der Waals surface area contributed by atoms with Crippen molar-refractivity contribution >= 4 is 12.2 Å². The fourth-order valence-corrected chi connectivity index (χ4v) is 2.85. The molecule has 1 aliphatic heterocycles. The SMILES string of the molecule is CNC(=O)OCc1cn2c(c1COC(=O)NC)Cc1ccccc1-2. The molecule has 0 atom stereocenters. The molecular formula is C17H19N3O4. The second-order valence-electron chi connectivity index (χ2n) is 5.41. The van der Waals surface area contributed by atoms with E-state index >= 15 is 0 Å². The summed E-state index contributed by atoms with van der Waals surface area (Å²) in [6, 6.07) is 8.10. The Labute approximate surface area is 139 Å². The highest BCUT2D eigenvalue weighted by Gasteiger charge is 2.25. The summed E-state index contributed by atoms with van der Waals surface area (Å²) in [5.74, 6) is 0. The predicted octanol–water partition coefficient (Wildman–Crippen LogP) is 2.09. The number of rotatable bonds is 4. The van der Waals surface area contributed by atoms with E-state index in [1.165, 1.54) is 19.7 Å². The molecule has 2 amide bonds. The number of hydrogen-bond donors (Lipinski definition) is 2. The van der Waals surface area contributed by atoms with Gasteiger partial charge in [-0.25, -0.2) is 9.59 Å². The van der Waals surface area contributed by atoms with E-state index in [2.05, 4.69) is 21.3 Å². The Morgan fingerprint density at radius 3 is 2.46 bits per heavy atom. The van der Waals surface area contributed by atoms with Crippen LogP contribution in [0.4, 0.5) is 9.59 Å². The van der Waals surface area contributed by atoms with Crippen molar-refractivity contribution in [2.75, 3.05) is 14.1 Å². The molecule has 1 aromatic heterocycles. The molecule has 0 radical (unpaired) electrons. The van der Waals surface area contributed by atoms with E-state index in [0.29, 0.717) is 0 Å². The Morgan fingerprint density at radius 2 is 1.75 bits per heavy atom. The lowest BCUT2D eigenvalue weighted by molar-refractivity contribution is 0.134. The lowest BCUT2D eigenvalue weighted by Gasteiger charge is -2.08. The summed E-state index contributed by atoms with van der Waals surface area (Å²) >= 11 is 0. The number of carbonyl (C=O) groups is 2. The molecule has 0 saturated carbocycles. The maximum atomic E-state index is 11.4. The highest BCUT2D eigenvalue weighted by molar-refractivity contribution is 5.67. The number of benzene rings is 1. The fraction of sp³-hybridized carbons (Fsp3) is 0.294. The van der Waals surface area contributed by atoms with Crippen LogP contribution in [0.15, 0.2) is 30.5 Å². The molecule has 3 rings (SSSR count). The molecular weight excluding hydrogens is 310 g/mol. The van der Waals surface area contributed by atoms with E-state index < -0.39 is 12.2 Å². The summed E-state index contributed by atoms with van der Waals surface area (Å²) < 4.78 is 12.4. The average molecular weight is 329 g/mol. The van der Waals surface area contributed by atoms with Crippen LogP contribution in [0, 0.1) is 0 Å². The average Bonchev–Trinajstić information content (AvgIpc) is 3.13. The maximum Gasteiger partial charge on any atom is 0.407 e. The number of hydrogen-bond acceptors (Lipinski definition) is 4. The number of alkyl carbamates (subject to hydrolysis) is 2. The Morgan fingerprint density at radius 1 is 1.08 bits per heavy atom.